The second-order valence-electron chi connectivity index (χ2n) is 5.50. The maximum atomic E-state index is 11.8. The van der Waals surface area contributed by atoms with Crippen LogP contribution in [-0.4, -0.2) is 13.0 Å². The summed E-state index contributed by atoms with van der Waals surface area (Å²) in [6.45, 7) is 2.06. The lowest BCUT2D eigenvalue weighted by Crippen LogP contribution is -2.20. The zero-order chi connectivity index (χ0) is 15.1. The van der Waals surface area contributed by atoms with Gasteiger partial charge in [-0.2, -0.15) is 0 Å². The van der Waals surface area contributed by atoms with Crippen molar-refractivity contribution < 1.29 is 4.79 Å². The van der Waals surface area contributed by atoms with Crippen molar-refractivity contribution in [3.8, 4) is 0 Å². The van der Waals surface area contributed by atoms with Crippen LogP contribution in [0.2, 0.25) is 0 Å². The number of hydrogen-bond acceptors (Lipinski definition) is 2. The summed E-state index contributed by atoms with van der Waals surface area (Å²) < 4.78 is 1.02. The van der Waals surface area contributed by atoms with Gasteiger partial charge in [-0.05, 0) is 47.4 Å². The second-order valence-corrected chi connectivity index (χ2v) is 6.41. The summed E-state index contributed by atoms with van der Waals surface area (Å²) in [5.41, 5.74) is 11.8. The van der Waals surface area contributed by atoms with Gasteiger partial charge >= 0.3 is 0 Å². The monoisotopic (exact) mass is 344 g/mol. The van der Waals surface area contributed by atoms with Crippen LogP contribution in [0.15, 0.2) is 40.9 Å². The average Bonchev–Trinajstić information content (AvgIpc) is 2.75. The van der Waals surface area contributed by atoms with Crippen molar-refractivity contribution in [3.63, 3.8) is 0 Å². The van der Waals surface area contributed by atoms with E-state index in [1.165, 1.54) is 5.56 Å². The number of nitrogens with zero attached hydrogens (tertiary/aromatic N) is 1. The third kappa shape index (κ3) is 2.49. The summed E-state index contributed by atoms with van der Waals surface area (Å²) in [6.07, 6.45) is 0.462. The van der Waals surface area contributed by atoms with Gasteiger partial charge in [-0.15, -0.1) is 0 Å². The standard InChI is InChI=1S/C17H17BrN2O/c1-10-3-5-13(18)9-14(10)17(19)11-4-6-15-12(7-11)8-16(21)20(15)2/h3-7,9,17H,8,19H2,1-2H3. The Morgan fingerprint density at radius 2 is 2.00 bits per heavy atom. The summed E-state index contributed by atoms with van der Waals surface area (Å²) >= 11 is 3.50. The van der Waals surface area contributed by atoms with Gasteiger partial charge in [-0.3, -0.25) is 4.79 Å². The van der Waals surface area contributed by atoms with Crippen LogP contribution in [0.5, 0.6) is 0 Å². The van der Waals surface area contributed by atoms with E-state index in [-0.39, 0.29) is 11.9 Å². The Bertz CT molecular complexity index is 727. The average molecular weight is 345 g/mol. The summed E-state index contributed by atoms with van der Waals surface area (Å²) in [6, 6.07) is 12.0. The molecule has 0 spiro atoms. The van der Waals surface area contributed by atoms with Crippen molar-refractivity contribution in [1.82, 2.24) is 0 Å². The maximum absolute atomic E-state index is 11.8. The first-order chi connectivity index (χ1) is 9.97. The highest BCUT2D eigenvalue weighted by atomic mass is 79.9. The number of rotatable bonds is 2. The smallest absolute Gasteiger partial charge is 0.231 e. The lowest BCUT2D eigenvalue weighted by atomic mass is 9.94. The van der Waals surface area contributed by atoms with Crippen LogP contribution < -0.4 is 10.6 Å². The van der Waals surface area contributed by atoms with Gasteiger partial charge in [0.1, 0.15) is 0 Å². The number of benzene rings is 2. The molecule has 1 heterocycles. The van der Waals surface area contributed by atoms with E-state index < -0.39 is 0 Å². The molecular formula is C17H17BrN2O. The molecule has 108 valence electrons. The number of hydrogen-bond donors (Lipinski definition) is 1. The summed E-state index contributed by atoms with van der Waals surface area (Å²) in [7, 11) is 1.81. The zero-order valence-electron chi connectivity index (χ0n) is 12.1. The van der Waals surface area contributed by atoms with Crippen molar-refractivity contribution in [2.24, 2.45) is 5.73 Å². The minimum Gasteiger partial charge on any atom is -0.320 e. The van der Waals surface area contributed by atoms with Gasteiger partial charge in [0.25, 0.3) is 0 Å². The SMILES string of the molecule is Cc1ccc(Br)cc1C(N)c1ccc2c(c1)CC(=O)N2C. The fraction of sp³-hybridized carbons (Fsp3) is 0.235. The molecule has 2 aromatic carbocycles. The highest BCUT2D eigenvalue weighted by Crippen LogP contribution is 2.32. The van der Waals surface area contributed by atoms with E-state index in [0.29, 0.717) is 6.42 Å². The summed E-state index contributed by atoms with van der Waals surface area (Å²) in [4.78, 5) is 13.5. The van der Waals surface area contributed by atoms with Crippen LogP contribution >= 0.6 is 15.9 Å². The van der Waals surface area contributed by atoms with Crippen LogP contribution in [0.25, 0.3) is 0 Å². The fourth-order valence-corrected chi connectivity index (χ4v) is 3.19. The number of aryl methyl sites for hydroxylation is 1. The van der Waals surface area contributed by atoms with Gasteiger partial charge in [-0.25, -0.2) is 0 Å². The highest BCUT2D eigenvalue weighted by Gasteiger charge is 2.25. The van der Waals surface area contributed by atoms with E-state index in [9.17, 15) is 4.79 Å². The molecule has 1 aliphatic rings. The van der Waals surface area contributed by atoms with Gasteiger partial charge in [-0.1, -0.05) is 34.1 Å². The van der Waals surface area contributed by atoms with Crippen LogP contribution in [0, 0.1) is 6.92 Å². The largest absolute Gasteiger partial charge is 0.320 e. The Morgan fingerprint density at radius 3 is 2.76 bits per heavy atom. The van der Waals surface area contributed by atoms with E-state index >= 15 is 0 Å². The molecule has 2 aromatic rings. The first-order valence-corrected chi connectivity index (χ1v) is 7.67. The van der Waals surface area contributed by atoms with Crippen molar-refractivity contribution in [3.05, 3.63) is 63.1 Å². The molecule has 0 bridgehead atoms. The molecule has 3 rings (SSSR count). The Hall–Kier alpha value is -1.65. The maximum Gasteiger partial charge on any atom is 0.231 e. The number of nitrogens with two attached hydrogens (primary N) is 1. The van der Waals surface area contributed by atoms with Crippen LogP contribution in [0.3, 0.4) is 0 Å². The number of carbonyl (C=O) groups is 1. The van der Waals surface area contributed by atoms with Crippen LogP contribution in [0.1, 0.15) is 28.3 Å². The van der Waals surface area contributed by atoms with Gasteiger partial charge in [0, 0.05) is 17.2 Å². The first kappa shape index (κ1) is 14.3. The Labute approximate surface area is 132 Å². The number of carbonyl (C=O) groups excluding carboxylic acids is 1. The van der Waals surface area contributed by atoms with E-state index in [1.807, 2.05) is 25.2 Å². The molecule has 1 amide bonds. The van der Waals surface area contributed by atoms with Crippen molar-refractivity contribution in [1.29, 1.82) is 0 Å². The van der Waals surface area contributed by atoms with Crippen LogP contribution in [0.4, 0.5) is 5.69 Å². The van der Waals surface area contributed by atoms with Gasteiger partial charge in [0.2, 0.25) is 5.91 Å². The molecule has 4 heteroatoms. The first-order valence-electron chi connectivity index (χ1n) is 6.88. The predicted octanol–water partition coefficient (Wildman–Crippen LogP) is 3.32. The van der Waals surface area contributed by atoms with Gasteiger partial charge in [0.15, 0.2) is 0 Å². The fourth-order valence-electron chi connectivity index (χ4n) is 2.81. The van der Waals surface area contributed by atoms with Gasteiger partial charge in [0.05, 0.1) is 12.5 Å². The predicted molar refractivity (Wildman–Crippen MR) is 88.5 cm³/mol. The number of amides is 1. The Balaban J connectivity index is 2.00. The number of likely N-dealkylation sites (N-methyl/N-ethyl adjacent to an activating group) is 1. The number of fused-ring (bicyclic) bond motifs is 1. The molecule has 1 unspecified atom stereocenters. The molecular weight excluding hydrogens is 328 g/mol. The third-order valence-electron chi connectivity index (χ3n) is 4.12. The summed E-state index contributed by atoms with van der Waals surface area (Å²) in [5.74, 6) is 0.134. The minimum absolute atomic E-state index is 0.134. The lowest BCUT2D eigenvalue weighted by Gasteiger charge is -2.17. The molecule has 0 saturated carbocycles. The minimum atomic E-state index is -0.186. The molecule has 21 heavy (non-hydrogen) atoms. The molecule has 0 fully saturated rings. The second kappa shape index (κ2) is 5.28. The Kier molecular flexibility index (Phi) is 3.59. The van der Waals surface area contributed by atoms with E-state index in [4.69, 9.17) is 5.73 Å². The highest BCUT2D eigenvalue weighted by molar-refractivity contribution is 9.10. The van der Waals surface area contributed by atoms with Gasteiger partial charge < -0.3 is 10.6 Å². The number of halogens is 1. The topological polar surface area (TPSA) is 46.3 Å². The number of anilines is 1. The van der Waals surface area contributed by atoms with Crippen LogP contribution in [-0.2, 0) is 11.2 Å². The molecule has 0 aliphatic carbocycles. The zero-order valence-corrected chi connectivity index (χ0v) is 13.6. The van der Waals surface area contributed by atoms with Crippen molar-refractivity contribution in [2.75, 3.05) is 11.9 Å². The third-order valence-corrected chi connectivity index (χ3v) is 4.61. The quantitative estimate of drug-likeness (QED) is 0.908. The Morgan fingerprint density at radius 1 is 1.24 bits per heavy atom. The lowest BCUT2D eigenvalue weighted by molar-refractivity contribution is -0.117. The molecule has 2 N–H and O–H groups in total. The molecule has 1 aliphatic heterocycles. The molecule has 0 radical (unpaired) electrons. The van der Waals surface area contributed by atoms with E-state index in [2.05, 4.69) is 41.1 Å². The molecule has 3 nitrogen and oxygen atoms in total. The van der Waals surface area contributed by atoms with E-state index in [0.717, 1.165) is 26.9 Å². The molecule has 0 aromatic heterocycles. The molecule has 0 saturated heterocycles. The normalized spacial score (nSPS) is 15.2. The van der Waals surface area contributed by atoms with E-state index in [1.54, 1.807) is 4.90 Å². The molecule has 1 atom stereocenters. The van der Waals surface area contributed by atoms with Crippen molar-refractivity contribution in [2.45, 2.75) is 19.4 Å². The summed E-state index contributed by atoms with van der Waals surface area (Å²) in [5, 5.41) is 0. The van der Waals surface area contributed by atoms with Crippen molar-refractivity contribution >= 4 is 27.5 Å².